The van der Waals surface area contributed by atoms with Crippen molar-refractivity contribution < 1.29 is 0 Å². The maximum Gasteiger partial charge on any atom is 0.0449 e. The largest absolute Gasteiger partial charge is 0.329 e. The topological polar surface area (TPSA) is 38.0 Å². The molecule has 0 atom stereocenters. The van der Waals surface area contributed by atoms with Crippen molar-refractivity contribution >= 4 is 0 Å². The van der Waals surface area contributed by atoms with Gasteiger partial charge in [-0.15, -0.1) is 0 Å². The van der Waals surface area contributed by atoms with Gasteiger partial charge in [-0.25, -0.2) is 0 Å². The molecule has 0 fully saturated rings. The van der Waals surface area contributed by atoms with Gasteiger partial charge in [0.1, 0.15) is 0 Å². The molecule has 0 unspecified atom stereocenters. The smallest absolute Gasteiger partial charge is 0.0449 e. The maximum atomic E-state index is 6.12. The Morgan fingerprint density at radius 1 is 0.889 bits per heavy atom. The van der Waals surface area contributed by atoms with Gasteiger partial charge in [-0.2, -0.15) is 0 Å². The first kappa shape index (κ1) is 12.8. The summed E-state index contributed by atoms with van der Waals surface area (Å²) in [6.07, 6.45) is 0. The fourth-order valence-corrected chi connectivity index (χ4v) is 2.49. The van der Waals surface area contributed by atoms with Crippen LogP contribution >= 0.6 is 0 Å². The van der Waals surface area contributed by atoms with Crippen molar-refractivity contribution in [3.05, 3.63) is 71.8 Å². The van der Waals surface area contributed by atoms with E-state index in [1.165, 1.54) is 11.1 Å². The van der Waals surface area contributed by atoms with Crippen LogP contribution < -0.4 is 11.1 Å². The van der Waals surface area contributed by atoms with E-state index in [9.17, 15) is 0 Å². The summed E-state index contributed by atoms with van der Waals surface area (Å²) >= 11 is 0. The van der Waals surface area contributed by atoms with Gasteiger partial charge < -0.3 is 11.1 Å². The zero-order valence-corrected chi connectivity index (χ0v) is 10.8. The maximum absolute atomic E-state index is 6.12. The number of benzene rings is 2. The Bertz CT molecular complexity index is 425. The van der Waals surface area contributed by atoms with Crippen LogP contribution in [0.2, 0.25) is 0 Å². The molecule has 18 heavy (non-hydrogen) atoms. The van der Waals surface area contributed by atoms with E-state index in [4.69, 9.17) is 5.73 Å². The van der Waals surface area contributed by atoms with Gasteiger partial charge in [0, 0.05) is 18.5 Å². The first-order valence-electron chi connectivity index (χ1n) is 6.29. The molecule has 0 spiro atoms. The third kappa shape index (κ3) is 2.30. The molecule has 0 bridgehead atoms. The lowest BCUT2D eigenvalue weighted by Crippen LogP contribution is -2.44. The summed E-state index contributed by atoms with van der Waals surface area (Å²) in [6, 6.07) is 20.9. The number of rotatable bonds is 5. The minimum Gasteiger partial charge on any atom is -0.329 e. The van der Waals surface area contributed by atoms with Crippen LogP contribution in [0.15, 0.2) is 60.7 Å². The number of hydrogen-bond donors (Lipinski definition) is 2. The second-order valence-corrected chi connectivity index (χ2v) is 4.55. The van der Waals surface area contributed by atoms with Gasteiger partial charge in [0.05, 0.1) is 0 Å². The zero-order chi connectivity index (χ0) is 12.8. The zero-order valence-electron chi connectivity index (χ0n) is 10.8. The van der Waals surface area contributed by atoms with E-state index in [0.29, 0.717) is 6.54 Å². The van der Waals surface area contributed by atoms with E-state index in [2.05, 4.69) is 53.8 Å². The number of likely N-dealkylation sites (N-methyl/N-ethyl adjacent to an activating group) is 1. The molecule has 2 aromatic carbocycles. The lowest BCUT2D eigenvalue weighted by Gasteiger charge is -2.33. The summed E-state index contributed by atoms with van der Waals surface area (Å²) < 4.78 is 0. The molecule has 0 heterocycles. The van der Waals surface area contributed by atoms with Gasteiger partial charge in [0.2, 0.25) is 0 Å². The molecule has 0 aliphatic carbocycles. The number of hydrogen-bond acceptors (Lipinski definition) is 2. The molecule has 0 aliphatic heterocycles. The fraction of sp³-hybridized carbons (Fsp3) is 0.250. The van der Waals surface area contributed by atoms with Crippen molar-refractivity contribution in [1.82, 2.24) is 5.32 Å². The van der Waals surface area contributed by atoms with Crippen molar-refractivity contribution in [2.75, 3.05) is 20.1 Å². The second-order valence-electron chi connectivity index (χ2n) is 4.55. The van der Waals surface area contributed by atoms with Gasteiger partial charge in [-0.05, 0) is 18.2 Å². The minimum atomic E-state index is -0.155. The average molecular weight is 240 g/mol. The molecular weight excluding hydrogens is 220 g/mol. The predicted molar refractivity (Wildman–Crippen MR) is 76.6 cm³/mol. The molecule has 2 nitrogen and oxygen atoms in total. The van der Waals surface area contributed by atoms with Crippen LogP contribution in [0.4, 0.5) is 0 Å². The normalized spacial score (nSPS) is 11.4. The summed E-state index contributed by atoms with van der Waals surface area (Å²) in [5.41, 5.74) is 8.48. The summed E-state index contributed by atoms with van der Waals surface area (Å²) in [6.45, 7) is 1.42. The Balaban J connectivity index is 2.53. The quantitative estimate of drug-likeness (QED) is 0.840. The highest BCUT2D eigenvalue weighted by atomic mass is 14.8. The van der Waals surface area contributed by atoms with E-state index >= 15 is 0 Å². The lowest BCUT2D eigenvalue weighted by atomic mass is 9.74. The number of nitrogens with one attached hydrogen (secondary N) is 1. The van der Waals surface area contributed by atoms with E-state index < -0.39 is 0 Å². The molecular formula is C16H20N2. The summed E-state index contributed by atoms with van der Waals surface area (Å²) in [5, 5.41) is 3.28. The monoisotopic (exact) mass is 240 g/mol. The van der Waals surface area contributed by atoms with Crippen molar-refractivity contribution in [1.29, 1.82) is 0 Å². The SMILES string of the molecule is CNCC(CN)(c1ccccc1)c1ccccc1. The van der Waals surface area contributed by atoms with Gasteiger partial charge in [-0.3, -0.25) is 0 Å². The van der Waals surface area contributed by atoms with Crippen LogP contribution in [-0.4, -0.2) is 20.1 Å². The molecule has 3 N–H and O–H groups in total. The van der Waals surface area contributed by atoms with Gasteiger partial charge in [0.25, 0.3) is 0 Å². The van der Waals surface area contributed by atoms with Crippen molar-refractivity contribution in [2.24, 2.45) is 5.73 Å². The molecule has 0 saturated carbocycles. The van der Waals surface area contributed by atoms with Crippen LogP contribution in [0.3, 0.4) is 0 Å². The van der Waals surface area contributed by atoms with E-state index in [0.717, 1.165) is 6.54 Å². The minimum absolute atomic E-state index is 0.155. The van der Waals surface area contributed by atoms with Crippen LogP contribution in [0.5, 0.6) is 0 Å². The Hall–Kier alpha value is -1.64. The summed E-state index contributed by atoms with van der Waals surface area (Å²) in [4.78, 5) is 0. The standard InChI is InChI=1S/C16H20N2/c1-18-13-16(12-17,14-8-4-2-5-9-14)15-10-6-3-7-11-15/h2-11,18H,12-13,17H2,1H3. The third-order valence-corrected chi connectivity index (χ3v) is 3.48. The summed E-state index contributed by atoms with van der Waals surface area (Å²) in [5.74, 6) is 0. The molecule has 0 amide bonds. The first-order valence-corrected chi connectivity index (χ1v) is 6.29. The molecule has 2 aromatic rings. The highest BCUT2D eigenvalue weighted by Crippen LogP contribution is 2.30. The van der Waals surface area contributed by atoms with Gasteiger partial charge in [0.15, 0.2) is 0 Å². The molecule has 0 saturated heterocycles. The Morgan fingerprint density at radius 3 is 1.67 bits per heavy atom. The Kier molecular flexibility index (Phi) is 4.13. The molecule has 2 rings (SSSR count). The van der Waals surface area contributed by atoms with Gasteiger partial charge in [-0.1, -0.05) is 60.7 Å². The molecule has 0 aromatic heterocycles. The summed E-state index contributed by atoms with van der Waals surface area (Å²) in [7, 11) is 1.97. The van der Waals surface area contributed by atoms with Crippen LogP contribution in [0.25, 0.3) is 0 Å². The molecule has 2 heteroatoms. The Labute approximate surface area is 109 Å². The second kappa shape index (κ2) is 5.80. The highest BCUT2D eigenvalue weighted by Gasteiger charge is 2.31. The van der Waals surface area contributed by atoms with Crippen molar-refractivity contribution in [3.63, 3.8) is 0 Å². The van der Waals surface area contributed by atoms with E-state index in [-0.39, 0.29) is 5.41 Å². The molecule has 0 aliphatic rings. The highest BCUT2D eigenvalue weighted by molar-refractivity contribution is 5.40. The van der Waals surface area contributed by atoms with Crippen LogP contribution in [-0.2, 0) is 5.41 Å². The number of nitrogens with two attached hydrogens (primary N) is 1. The van der Waals surface area contributed by atoms with E-state index in [1.54, 1.807) is 0 Å². The van der Waals surface area contributed by atoms with Crippen molar-refractivity contribution in [2.45, 2.75) is 5.41 Å². The Morgan fingerprint density at radius 2 is 1.33 bits per heavy atom. The first-order chi connectivity index (χ1) is 8.83. The van der Waals surface area contributed by atoms with Crippen LogP contribution in [0.1, 0.15) is 11.1 Å². The third-order valence-electron chi connectivity index (χ3n) is 3.48. The molecule has 0 radical (unpaired) electrons. The van der Waals surface area contributed by atoms with Gasteiger partial charge >= 0.3 is 0 Å². The predicted octanol–water partition coefficient (Wildman–Crippen LogP) is 2.15. The average Bonchev–Trinajstić information content (AvgIpc) is 2.47. The van der Waals surface area contributed by atoms with Crippen molar-refractivity contribution in [3.8, 4) is 0 Å². The fourth-order valence-electron chi connectivity index (χ4n) is 2.49. The lowest BCUT2D eigenvalue weighted by molar-refractivity contribution is 0.496. The van der Waals surface area contributed by atoms with E-state index in [1.807, 2.05) is 19.2 Å². The molecule has 94 valence electrons. The van der Waals surface area contributed by atoms with Crippen LogP contribution in [0, 0.1) is 0 Å².